The van der Waals surface area contributed by atoms with Gasteiger partial charge in [-0.3, -0.25) is 0 Å². The fraction of sp³-hybridized carbons (Fsp3) is 0.611. The lowest BCUT2D eigenvalue weighted by Crippen LogP contribution is -2.15. The first-order valence-electron chi connectivity index (χ1n) is 7.22. The SMILES string of the molecule is C/C=C/CC/C=C/CC/C=C/CC(C)(C)[C](C)C. The maximum atomic E-state index is 2.33. The fourth-order valence-corrected chi connectivity index (χ4v) is 1.49. The molecule has 0 aromatic heterocycles. The van der Waals surface area contributed by atoms with E-state index in [0.29, 0.717) is 5.41 Å². The van der Waals surface area contributed by atoms with Crippen molar-refractivity contribution in [2.75, 3.05) is 0 Å². The summed E-state index contributed by atoms with van der Waals surface area (Å²) in [6, 6.07) is 0. The van der Waals surface area contributed by atoms with Crippen LogP contribution in [0, 0.1) is 11.3 Å². The van der Waals surface area contributed by atoms with Crippen LogP contribution in [0.1, 0.15) is 66.7 Å². The van der Waals surface area contributed by atoms with E-state index in [2.05, 4.69) is 71.1 Å². The molecule has 0 aromatic carbocycles. The molecule has 0 rings (SSSR count). The van der Waals surface area contributed by atoms with Crippen LogP contribution in [0.15, 0.2) is 36.5 Å². The van der Waals surface area contributed by atoms with Crippen molar-refractivity contribution in [3.63, 3.8) is 0 Å². The molecule has 0 heteroatoms. The molecular weight excluding hydrogens is 216 g/mol. The van der Waals surface area contributed by atoms with Gasteiger partial charge in [0.1, 0.15) is 0 Å². The lowest BCUT2D eigenvalue weighted by atomic mass is 9.78. The third kappa shape index (κ3) is 9.27. The van der Waals surface area contributed by atoms with Crippen LogP contribution in [0.3, 0.4) is 0 Å². The van der Waals surface area contributed by atoms with Crippen LogP contribution in [0.5, 0.6) is 0 Å². The fourth-order valence-electron chi connectivity index (χ4n) is 1.49. The molecule has 0 atom stereocenters. The Hall–Kier alpha value is -0.780. The van der Waals surface area contributed by atoms with Crippen molar-refractivity contribution in [1.29, 1.82) is 0 Å². The van der Waals surface area contributed by atoms with Gasteiger partial charge in [0, 0.05) is 0 Å². The minimum absolute atomic E-state index is 0.346. The molecule has 0 aliphatic rings. The predicted molar refractivity (Wildman–Crippen MR) is 84.6 cm³/mol. The third-order valence-electron chi connectivity index (χ3n) is 3.55. The van der Waals surface area contributed by atoms with Gasteiger partial charge >= 0.3 is 0 Å². The summed E-state index contributed by atoms with van der Waals surface area (Å²) in [6.07, 6.45) is 19.4. The van der Waals surface area contributed by atoms with Gasteiger partial charge in [0.05, 0.1) is 0 Å². The van der Waals surface area contributed by atoms with Gasteiger partial charge in [-0.2, -0.15) is 0 Å². The summed E-state index contributed by atoms with van der Waals surface area (Å²) in [5, 5.41) is 0. The van der Waals surface area contributed by atoms with Crippen LogP contribution in [-0.2, 0) is 0 Å². The molecule has 0 heterocycles. The molecule has 1 radical (unpaired) electrons. The zero-order chi connectivity index (χ0) is 13.9. The molecule has 18 heavy (non-hydrogen) atoms. The topological polar surface area (TPSA) is 0 Å². The summed E-state index contributed by atoms with van der Waals surface area (Å²) in [5.41, 5.74) is 0.346. The molecule has 0 aliphatic carbocycles. The second kappa shape index (κ2) is 10.2. The summed E-state index contributed by atoms with van der Waals surface area (Å²) in [4.78, 5) is 0. The van der Waals surface area contributed by atoms with Crippen LogP contribution >= 0.6 is 0 Å². The van der Waals surface area contributed by atoms with E-state index in [1.807, 2.05) is 0 Å². The summed E-state index contributed by atoms with van der Waals surface area (Å²) >= 11 is 0. The zero-order valence-electron chi connectivity index (χ0n) is 13.0. The standard InChI is InChI=1S/C18H31/c1-6-7-8-9-10-11-12-13-14-15-16-18(4,5)17(2)3/h6-7,10-11,14-15H,8-9,12-13,16H2,1-5H3/b7-6+,11-10+,15-14+. The van der Waals surface area contributed by atoms with Crippen molar-refractivity contribution in [3.8, 4) is 0 Å². The van der Waals surface area contributed by atoms with E-state index in [0.717, 1.165) is 6.42 Å². The smallest absolute Gasteiger partial charge is 0.0244 e. The van der Waals surface area contributed by atoms with Crippen molar-refractivity contribution in [2.24, 2.45) is 5.41 Å². The second-order valence-electron chi connectivity index (χ2n) is 5.75. The van der Waals surface area contributed by atoms with Gasteiger partial charge in [-0.05, 0) is 50.4 Å². The Labute approximate surface area is 115 Å². The average molecular weight is 247 g/mol. The van der Waals surface area contributed by atoms with Crippen molar-refractivity contribution < 1.29 is 0 Å². The van der Waals surface area contributed by atoms with Gasteiger partial charge in [0.2, 0.25) is 0 Å². The number of rotatable bonds is 9. The molecule has 0 unspecified atom stereocenters. The highest BCUT2D eigenvalue weighted by Crippen LogP contribution is 2.31. The minimum Gasteiger partial charge on any atom is -0.0917 e. The first-order valence-corrected chi connectivity index (χ1v) is 7.22. The maximum Gasteiger partial charge on any atom is -0.0244 e. The van der Waals surface area contributed by atoms with E-state index in [9.17, 15) is 0 Å². The van der Waals surface area contributed by atoms with Gasteiger partial charge in [-0.25, -0.2) is 0 Å². The van der Waals surface area contributed by atoms with E-state index in [4.69, 9.17) is 0 Å². The second-order valence-corrected chi connectivity index (χ2v) is 5.75. The molecule has 0 spiro atoms. The van der Waals surface area contributed by atoms with Crippen molar-refractivity contribution >= 4 is 0 Å². The van der Waals surface area contributed by atoms with Crippen LogP contribution in [0.25, 0.3) is 0 Å². The summed E-state index contributed by atoms with van der Waals surface area (Å²) in [6.45, 7) is 11.1. The highest BCUT2D eigenvalue weighted by atomic mass is 14.2. The maximum absolute atomic E-state index is 2.33. The Kier molecular flexibility index (Phi) is 9.73. The summed E-state index contributed by atoms with van der Waals surface area (Å²) in [7, 11) is 0. The largest absolute Gasteiger partial charge is 0.0917 e. The molecule has 0 saturated carbocycles. The third-order valence-corrected chi connectivity index (χ3v) is 3.55. The molecule has 0 amide bonds. The van der Waals surface area contributed by atoms with E-state index >= 15 is 0 Å². The molecule has 0 nitrogen and oxygen atoms in total. The van der Waals surface area contributed by atoms with Crippen LogP contribution in [-0.4, -0.2) is 0 Å². The molecular formula is C18H31. The van der Waals surface area contributed by atoms with Crippen LogP contribution < -0.4 is 0 Å². The first kappa shape index (κ1) is 17.2. The van der Waals surface area contributed by atoms with E-state index < -0.39 is 0 Å². The molecule has 0 N–H and O–H groups in total. The zero-order valence-corrected chi connectivity index (χ0v) is 13.0. The van der Waals surface area contributed by atoms with Gasteiger partial charge in [-0.15, -0.1) is 0 Å². The van der Waals surface area contributed by atoms with Crippen LogP contribution in [0.2, 0.25) is 0 Å². The van der Waals surface area contributed by atoms with E-state index in [-0.39, 0.29) is 0 Å². The minimum atomic E-state index is 0.346. The molecule has 0 bridgehead atoms. The Bertz CT molecular complexity index is 264. The van der Waals surface area contributed by atoms with Gasteiger partial charge in [0.15, 0.2) is 0 Å². The van der Waals surface area contributed by atoms with Crippen molar-refractivity contribution in [1.82, 2.24) is 0 Å². The van der Waals surface area contributed by atoms with Gasteiger partial charge in [0.25, 0.3) is 0 Å². The van der Waals surface area contributed by atoms with Crippen molar-refractivity contribution in [3.05, 3.63) is 42.4 Å². The van der Waals surface area contributed by atoms with Gasteiger partial charge in [-0.1, -0.05) is 64.2 Å². The Morgan fingerprint density at radius 1 is 0.778 bits per heavy atom. The predicted octanol–water partition coefficient (Wildman–Crippen LogP) is 6.27. The Balaban J connectivity index is 3.60. The van der Waals surface area contributed by atoms with Gasteiger partial charge < -0.3 is 0 Å². The normalized spacial score (nSPS) is 13.7. The molecule has 103 valence electrons. The Morgan fingerprint density at radius 3 is 1.67 bits per heavy atom. The lowest BCUT2D eigenvalue weighted by molar-refractivity contribution is 0.395. The van der Waals surface area contributed by atoms with E-state index in [1.54, 1.807) is 0 Å². The molecule has 0 aromatic rings. The van der Waals surface area contributed by atoms with E-state index in [1.165, 1.54) is 31.6 Å². The van der Waals surface area contributed by atoms with Crippen molar-refractivity contribution in [2.45, 2.75) is 66.7 Å². The summed E-state index contributed by atoms with van der Waals surface area (Å²) < 4.78 is 0. The molecule has 0 fully saturated rings. The first-order chi connectivity index (χ1) is 8.50. The lowest BCUT2D eigenvalue weighted by Gasteiger charge is -2.27. The Morgan fingerprint density at radius 2 is 1.22 bits per heavy atom. The number of hydrogen-bond donors (Lipinski definition) is 0. The monoisotopic (exact) mass is 247 g/mol. The molecule has 0 saturated heterocycles. The van der Waals surface area contributed by atoms with Crippen LogP contribution in [0.4, 0.5) is 0 Å². The quantitative estimate of drug-likeness (QED) is 0.333. The number of unbranched alkanes of at least 4 members (excludes halogenated alkanes) is 2. The number of allylic oxidation sites excluding steroid dienone is 6. The average Bonchev–Trinajstić information content (AvgIpc) is 2.31. The summed E-state index contributed by atoms with van der Waals surface area (Å²) in [5.74, 6) is 1.51. The molecule has 0 aliphatic heterocycles. The highest BCUT2D eigenvalue weighted by Gasteiger charge is 2.20. The number of hydrogen-bond acceptors (Lipinski definition) is 0. The highest BCUT2D eigenvalue weighted by molar-refractivity contribution is 5.00.